The summed E-state index contributed by atoms with van der Waals surface area (Å²) in [6, 6.07) is 18.2. The molecule has 1 amide bonds. The summed E-state index contributed by atoms with van der Waals surface area (Å²) < 4.78 is 11.5. The predicted molar refractivity (Wildman–Crippen MR) is 115 cm³/mol. The van der Waals surface area contributed by atoms with Crippen molar-refractivity contribution in [2.75, 3.05) is 0 Å². The van der Waals surface area contributed by atoms with Crippen molar-refractivity contribution in [3.8, 4) is 17.2 Å². The molecule has 1 N–H and O–H groups in total. The lowest BCUT2D eigenvalue weighted by molar-refractivity contribution is -0.134. The second-order valence-corrected chi connectivity index (χ2v) is 7.73. The fraction of sp³-hybridized carbons (Fsp3) is 0.174. The van der Waals surface area contributed by atoms with Crippen LogP contribution in [-0.4, -0.2) is 21.5 Å². The van der Waals surface area contributed by atoms with E-state index >= 15 is 0 Å². The summed E-state index contributed by atoms with van der Waals surface area (Å²) in [5.41, 5.74) is 1.98. The summed E-state index contributed by atoms with van der Waals surface area (Å²) in [5.74, 6) is 0.875. The van der Waals surface area contributed by atoms with Crippen molar-refractivity contribution in [2.24, 2.45) is 0 Å². The van der Waals surface area contributed by atoms with E-state index < -0.39 is 5.60 Å². The van der Waals surface area contributed by atoms with Gasteiger partial charge in [0.05, 0.1) is 0 Å². The maximum Gasteiger partial charge on any atom is 0.263 e. The van der Waals surface area contributed by atoms with Crippen molar-refractivity contribution >= 4 is 28.7 Å². The van der Waals surface area contributed by atoms with Crippen molar-refractivity contribution in [1.29, 1.82) is 0 Å². The molecule has 0 aliphatic carbocycles. The summed E-state index contributed by atoms with van der Waals surface area (Å²) in [6.07, 6.45) is 1.68. The van der Waals surface area contributed by atoms with E-state index in [4.69, 9.17) is 20.8 Å². The third-order valence-electron chi connectivity index (χ3n) is 4.55. The van der Waals surface area contributed by atoms with Crippen LogP contribution in [0.25, 0.3) is 22.7 Å². The fourth-order valence-corrected chi connectivity index (χ4v) is 3.02. The second kappa shape index (κ2) is 8.16. The quantitative estimate of drug-likeness (QED) is 0.473. The first-order valence-electron chi connectivity index (χ1n) is 9.44. The molecule has 0 unspecified atom stereocenters. The molecule has 0 radical (unpaired) electrons. The first-order valence-corrected chi connectivity index (χ1v) is 9.82. The van der Waals surface area contributed by atoms with Crippen LogP contribution in [0.2, 0.25) is 5.02 Å². The molecule has 4 aromatic rings. The van der Waals surface area contributed by atoms with Crippen LogP contribution in [0.15, 0.2) is 71.3 Å². The Balaban J connectivity index is 1.38. The Bertz CT molecular complexity index is 1140. The number of nitrogens with zero attached hydrogens (tertiary/aromatic N) is 2. The number of ether oxygens (including phenoxy) is 1. The highest BCUT2D eigenvalue weighted by atomic mass is 35.5. The Kier molecular flexibility index (Phi) is 5.42. The number of carbonyl (C=O) groups is 1. The topological polar surface area (TPSA) is 77.2 Å². The summed E-state index contributed by atoms with van der Waals surface area (Å²) in [5, 5.41) is 3.53. The first kappa shape index (κ1) is 19.9. The number of amides is 1. The van der Waals surface area contributed by atoms with E-state index in [1.807, 2.05) is 30.3 Å². The van der Waals surface area contributed by atoms with Crippen LogP contribution in [0, 0.1) is 0 Å². The van der Waals surface area contributed by atoms with E-state index in [-0.39, 0.29) is 5.91 Å². The van der Waals surface area contributed by atoms with Gasteiger partial charge in [0.1, 0.15) is 5.75 Å². The standard InChI is InChI=1S/C23H20ClN3O3/c1-23(2,30-18-11-9-17(24)10-12-18)22(28)26-14-15-5-7-16(8-6-15)21-27-20-19(29-21)4-3-13-25-20/h3-13H,14H2,1-2H3,(H,26,28). The lowest BCUT2D eigenvalue weighted by Crippen LogP contribution is -2.46. The number of carbonyl (C=O) groups excluding carboxylic acids is 1. The number of hydrogen-bond acceptors (Lipinski definition) is 5. The molecule has 2 heterocycles. The summed E-state index contributed by atoms with van der Waals surface area (Å²) in [4.78, 5) is 21.2. The molecule has 0 aliphatic rings. The molecule has 0 saturated carbocycles. The van der Waals surface area contributed by atoms with E-state index in [1.165, 1.54) is 0 Å². The molecule has 7 heteroatoms. The number of pyridine rings is 1. The molecule has 4 rings (SSSR count). The summed E-state index contributed by atoms with van der Waals surface area (Å²) in [6.45, 7) is 3.82. The summed E-state index contributed by atoms with van der Waals surface area (Å²) in [7, 11) is 0. The molecule has 0 saturated heterocycles. The van der Waals surface area contributed by atoms with E-state index in [9.17, 15) is 4.79 Å². The van der Waals surface area contributed by atoms with Crippen molar-refractivity contribution in [2.45, 2.75) is 26.0 Å². The van der Waals surface area contributed by atoms with Crippen LogP contribution in [0.3, 0.4) is 0 Å². The molecule has 0 aliphatic heterocycles. The molecular formula is C23H20ClN3O3. The number of nitrogens with one attached hydrogen (secondary N) is 1. The molecular weight excluding hydrogens is 402 g/mol. The lowest BCUT2D eigenvalue weighted by atomic mass is 10.1. The van der Waals surface area contributed by atoms with Gasteiger partial charge >= 0.3 is 0 Å². The smallest absolute Gasteiger partial charge is 0.263 e. The number of hydrogen-bond donors (Lipinski definition) is 1. The van der Waals surface area contributed by atoms with Gasteiger partial charge in [-0.15, -0.1) is 0 Å². The Labute approximate surface area is 178 Å². The number of fused-ring (bicyclic) bond motifs is 1. The van der Waals surface area contributed by atoms with Crippen molar-refractivity contribution in [1.82, 2.24) is 15.3 Å². The van der Waals surface area contributed by atoms with Crippen LogP contribution < -0.4 is 10.1 Å². The lowest BCUT2D eigenvalue weighted by Gasteiger charge is -2.25. The SMILES string of the molecule is CC(C)(Oc1ccc(Cl)cc1)C(=O)NCc1ccc(-c2nc3ncccc3o2)cc1. The molecule has 0 fully saturated rings. The van der Waals surface area contributed by atoms with Gasteiger partial charge in [-0.1, -0.05) is 23.7 Å². The Morgan fingerprint density at radius 1 is 1.10 bits per heavy atom. The molecule has 0 spiro atoms. The van der Waals surface area contributed by atoms with E-state index in [1.54, 1.807) is 50.4 Å². The molecule has 6 nitrogen and oxygen atoms in total. The first-order chi connectivity index (χ1) is 14.4. The maximum absolute atomic E-state index is 12.6. The Morgan fingerprint density at radius 2 is 1.83 bits per heavy atom. The maximum atomic E-state index is 12.6. The van der Waals surface area contributed by atoms with Gasteiger partial charge in [-0.2, -0.15) is 4.98 Å². The van der Waals surface area contributed by atoms with Crippen molar-refractivity contribution in [3.05, 3.63) is 77.4 Å². The third-order valence-corrected chi connectivity index (χ3v) is 4.80. The van der Waals surface area contributed by atoms with E-state index in [0.717, 1.165) is 11.1 Å². The zero-order valence-electron chi connectivity index (χ0n) is 16.6. The van der Waals surface area contributed by atoms with Crippen LogP contribution >= 0.6 is 11.6 Å². The third kappa shape index (κ3) is 4.44. The van der Waals surface area contributed by atoms with Gasteiger partial charge in [0.25, 0.3) is 5.91 Å². The molecule has 0 atom stereocenters. The number of oxazole rings is 1. The molecule has 2 aromatic heterocycles. The van der Waals surface area contributed by atoms with Crippen molar-refractivity contribution < 1.29 is 13.9 Å². The minimum absolute atomic E-state index is 0.216. The molecule has 0 bridgehead atoms. The molecule has 30 heavy (non-hydrogen) atoms. The van der Waals surface area contributed by atoms with Gasteiger partial charge < -0.3 is 14.5 Å². The largest absolute Gasteiger partial charge is 0.478 e. The highest BCUT2D eigenvalue weighted by Crippen LogP contribution is 2.24. The van der Waals surface area contributed by atoms with Gasteiger partial charge in [-0.3, -0.25) is 4.79 Å². The van der Waals surface area contributed by atoms with Gasteiger partial charge in [-0.25, -0.2) is 4.98 Å². The molecule has 2 aromatic carbocycles. The fourth-order valence-electron chi connectivity index (χ4n) is 2.90. The van der Waals surface area contributed by atoms with Gasteiger partial charge in [0, 0.05) is 23.3 Å². The minimum atomic E-state index is -1.03. The van der Waals surface area contributed by atoms with E-state index in [2.05, 4.69) is 15.3 Å². The van der Waals surface area contributed by atoms with Gasteiger partial charge in [0.2, 0.25) is 5.89 Å². The average Bonchev–Trinajstić information content (AvgIpc) is 3.18. The average molecular weight is 422 g/mol. The predicted octanol–water partition coefficient (Wildman–Crippen LogP) is 5.02. The Morgan fingerprint density at radius 3 is 2.53 bits per heavy atom. The van der Waals surface area contributed by atoms with Crippen LogP contribution in [0.4, 0.5) is 0 Å². The van der Waals surface area contributed by atoms with Crippen LogP contribution in [0.1, 0.15) is 19.4 Å². The van der Waals surface area contributed by atoms with Crippen LogP contribution in [0.5, 0.6) is 5.75 Å². The number of benzene rings is 2. The molecule has 152 valence electrons. The number of halogens is 1. The highest BCUT2D eigenvalue weighted by molar-refractivity contribution is 6.30. The zero-order valence-corrected chi connectivity index (χ0v) is 17.3. The van der Waals surface area contributed by atoms with Gasteiger partial charge in [0.15, 0.2) is 16.8 Å². The normalized spacial score (nSPS) is 11.4. The monoisotopic (exact) mass is 421 g/mol. The number of rotatable bonds is 6. The minimum Gasteiger partial charge on any atom is -0.478 e. The Hall–Kier alpha value is -3.38. The van der Waals surface area contributed by atoms with E-state index in [0.29, 0.717) is 34.4 Å². The number of aromatic nitrogens is 2. The second-order valence-electron chi connectivity index (χ2n) is 7.29. The van der Waals surface area contributed by atoms with Gasteiger partial charge in [-0.05, 0) is 67.9 Å². The van der Waals surface area contributed by atoms with Crippen molar-refractivity contribution in [3.63, 3.8) is 0 Å². The zero-order chi connectivity index (χ0) is 21.1. The highest BCUT2D eigenvalue weighted by Gasteiger charge is 2.29. The van der Waals surface area contributed by atoms with Crippen LogP contribution in [-0.2, 0) is 11.3 Å². The summed E-state index contributed by atoms with van der Waals surface area (Å²) >= 11 is 5.89.